The highest BCUT2D eigenvalue weighted by Gasteiger charge is 2.32. The van der Waals surface area contributed by atoms with Gasteiger partial charge in [-0.2, -0.15) is 5.26 Å². The average Bonchev–Trinajstić information content (AvgIpc) is 2.90. The molecule has 0 amide bonds. The highest BCUT2D eigenvalue weighted by molar-refractivity contribution is 7.89. The molecule has 3 rings (SSSR count). The Morgan fingerprint density at radius 2 is 1.61 bits per heavy atom. The molecule has 7 nitrogen and oxygen atoms in total. The van der Waals surface area contributed by atoms with Gasteiger partial charge in [0, 0.05) is 43.5 Å². The fourth-order valence-electron chi connectivity index (χ4n) is 5.15. The lowest BCUT2D eigenvalue weighted by atomic mass is 9.76. The second kappa shape index (κ2) is 14.0. The number of fused-ring (bicyclic) bond motifs is 1. The number of carbonyl (C=O) groups excluding carboxylic acids is 1. The second-order valence-electron chi connectivity index (χ2n) is 11.0. The number of benzene rings is 2. The first kappa shape index (κ1) is 29.9. The van der Waals surface area contributed by atoms with Crippen molar-refractivity contribution in [3.05, 3.63) is 36.4 Å². The first-order valence-electron chi connectivity index (χ1n) is 13.9. The zero-order chi connectivity index (χ0) is 27.6. The van der Waals surface area contributed by atoms with Crippen LogP contribution in [0.4, 0.5) is 5.69 Å². The molecule has 0 aliphatic heterocycles. The number of rotatable bonds is 14. The highest BCUT2D eigenvalue weighted by atomic mass is 32.2. The summed E-state index contributed by atoms with van der Waals surface area (Å²) in [6, 6.07) is 13.5. The SMILES string of the molecule is CN(C)c1cccc2c(S(=O)(=O)NCCCCCCCCCC(=O)OC3CCC(C)(C#N)CC3)cccc12. The zero-order valence-electron chi connectivity index (χ0n) is 23.2. The van der Waals surface area contributed by atoms with E-state index in [9.17, 15) is 18.5 Å². The molecule has 1 saturated carbocycles. The molecule has 0 bridgehead atoms. The molecule has 1 aliphatic carbocycles. The Morgan fingerprint density at radius 3 is 2.26 bits per heavy atom. The summed E-state index contributed by atoms with van der Waals surface area (Å²) in [5, 5.41) is 10.9. The predicted octanol–water partition coefficient (Wildman–Crippen LogP) is 6.32. The van der Waals surface area contributed by atoms with Crippen molar-refractivity contribution in [2.75, 3.05) is 25.5 Å². The molecule has 0 radical (unpaired) electrons. The standard InChI is InChI=1S/C30H43N3O4S/c1-30(23-31)20-18-24(19-21-30)37-29(34)17-9-7-5-4-6-8-10-22-32-38(35,36)28-16-12-13-25-26(28)14-11-15-27(25)33(2)3/h11-16,24,32H,4-10,17-22H2,1-3H3. The van der Waals surface area contributed by atoms with E-state index in [-0.39, 0.29) is 17.5 Å². The van der Waals surface area contributed by atoms with Gasteiger partial charge in [0.2, 0.25) is 10.0 Å². The van der Waals surface area contributed by atoms with Crippen molar-refractivity contribution < 1.29 is 17.9 Å². The molecule has 2 aromatic rings. The highest BCUT2D eigenvalue weighted by Crippen LogP contribution is 2.36. The van der Waals surface area contributed by atoms with E-state index in [4.69, 9.17) is 4.74 Å². The van der Waals surface area contributed by atoms with Crippen LogP contribution in [0.1, 0.15) is 84.0 Å². The number of anilines is 1. The number of unbranched alkanes of at least 4 members (excludes halogenated alkanes) is 6. The number of sulfonamides is 1. The van der Waals surface area contributed by atoms with Gasteiger partial charge < -0.3 is 9.64 Å². The first-order valence-corrected chi connectivity index (χ1v) is 15.4. The van der Waals surface area contributed by atoms with Crippen LogP contribution in [-0.2, 0) is 19.6 Å². The molecule has 1 aliphatic rings. The van der Waals surface area contributed by atoms with Crippen LogP contribution in [0.5, 0.6) is 0 Å². The third kappa shape index (κ3) is 8.44. The number of carbonyl (C=O) groups is 1. The van der Waals surface area contributed by atoms with Crippen molar-refractivity contribution in [3.8, 4) is 6.07 Å². The number of nitrogens with one attached hydrogen (secondary N) is 1. The molecule has 208 valence electrons. The summed E-state index contributed by atoms with van der Waals surface area (Å²) < 4.78 is 34.3. The van der Waals surface area contributed by atoms with Crippen molar-refractivity contribution in [2.24, 2.45) is 5.41 Å². The molecule has 1 fully saturated rings. The summed E-state index contributed by atoms with van der Waals surface area (Å²) in [6.45, 7) is 2.41. The summed E-state index contributed by atoms with van der Waals surface area (Å²) in [5.74, 6) is -0.119. The molecule has 2 aromatic carbocycles. The van der Waals surface area contributed by atoms with E-state index in [0.29, 0.717) is 17.9 Å². The van der Waals surface area contributed by atoms with Crippen LogP contribution in [0.25, 0.3) is 10.8 Å². The summed E-state index contributed by atoms with van der Waals surface area (Å²) >= 11 is 0. The lowest BCUT2D eigenvalue weighted by molar-refractivity contribution is -0.151. The van der Waals surface area contributed by atoms with Crippen LogP contribution in [0.3, 0.4) is 0 Å². The minimum Gasteiger partial charge on any atom is -0.462 e. The smallest absolute Gasteiger partial charge is 0.306 e. The zero-order valence-corrected chi connectivity index (χ0v) is 24.0. The fraction of sp³-hybridized carbons (Fsp3) is 0.600. The Kier molecular flexibility index (Phi) is 11.0. The molecular weight excluding hydrogens is 498 g/mol. The lowest BCUT2D eigenvalue weighted by Gasteiger charge is -2.31. The van der Waals surface area contributed by atoms with E-state index in [0.717, 1.165) is 87.1 Å². The maximum Gasteiger partial charge on any atom is 0.306 e. The van der Waals surface area contributed by atoms with Crippen LogP contribution in [0, 0.1) is 16.7 Å². The third-order valence-corrected chi connectivity index (χ3v) is 9.10. The fourth-order valence-corrected chi connectivity index (χ4v) is 6.45. The van der Waals surface area contributed by atoms with E-state index < -0.39 is 10.0 Å². The minimum absolute atomic E-state index is 0.0301. The Labute approximate surface area is 228 Å². The summed E-state index contributed by atoms with van der Waals surface area (Å²) in [7, 11) is 0.317. The number of ether oxygens (including phenoxy) is 1. The van der Waals surface area contributed by atoms with Crippen molar-refractivity contribution in [1.82, 2.24) is 4.72 Å². The number of esters is 1. The molecule has 0 saturated heterocycles. The molecule has 38 heavy (non-hydrogen) atoms. The normalized spacial score (nSPS) is 19.7. The van der Waals surface area contributed by atoms with Crippen LogP contribution in [-0.4, -0.2) is 41.1 Å². The largest absolute Gasteiger partial charge is 0.462 e. The van der Waals surface area contributed by atoms with Gasteiger partial charge in [-0.3, -0.25) is 4.79 Å². The summed E-state index contributed by atoms with van der Waals surface area (Å²) in [6.07, 6.45) is 10.4. The lowest BCUT2D eigenvalue weighted by Crippen LogP contribution is -2.29. The maximum absolute atomic E-state index is 13.0. The molecular formula is C30H43N3O4S. The molecule has 0 spiro atoms. The Morgan fingerprint density at radius 1 is 1.00 bits per heavy atom. The van der Waals surface area contributed by atoms with Crippen molar-refractivity contribution >= 4 is 32.5 Å². The van der Waals surface area contributed by atoms with Gasteiger partial charge in [-0.25, -0.2) is 13.1 Å². The number of nitrogens with zero attached hydrogens (tertiary/aromatic N) is 2. The maximum atomic E-state index is 13.0. The van der Waals surface area contributed by atoms with Crippen molar-refractivity contribution in [2.45, 2.75) is 95.0 Å². The van der Waals surface area contributed by atoms with E-state index in [1.807, 2.05) is 50.2 Å². The van der Waals surface area contributed by atoms with Crippen LogP contribution in [0.15, 0.2) is 41.3 Å². The minimum atomic E-state index is -3.59. The van der Waals surface area contributed by atoms with Gasteiger partial charge in [0.1, 0.15) is 6.10 Å². The molecule has 0 heterocycles. The number of hydrogen-bond acceptors (Lipinski definition) is 6. The number of nitriles is 1. The van der Waals surface area contributed by atoms with E-state index in [1.54, 1.807) is 12.1 Å². The number of hydrogen-bond donors (Lipinski definition) is 1. The van der Waals surface area contributed by atoms with E-state index in [1.165, 1.54) is 0 Å². The van der Waals surface area contributed by atoms with Crippen molar-refractivity contribution in [1.29, 1.82) is 5.26 Å². The average molecular weight is 542 g/mol. The second-order valence-corrected chi connectivity index (χ2v) is 12.7. The van der Waals surface area contributed by atoms with Crippen LogP contribution >= 0.6 is 0 Å². The van der Waals surface area contributed by atoms with Crippen LogP contribution in [0.2, 0.25) is 0 Å². The topological polar surface area (TPSA) is 99.5 Å². The monoisotopic (exact) mass is 541 g/mol. The molecule has 8 heteroatoms. The third-order valence-electron chi connectivity index (χ3n) is 7.58. The van der Waals surface area contributed by atoms with E-state index in [2.05, 4.69) is 10.8 Å². The summed E-state index contributed by atoms with van der Waals surface area (Å²) in [4.78, 5) is 14.4. The summed E-state index contributed by atoms with van der Waals surface area (Å²) in [5.41, 5.74) is 0.727. The molecule has 1 N–H and O–H groups in total. The molecule has 0 aromatic heterocycles. The molecule has 0 unspecified atom stereocenters. The van der Waals surface area contributed by atoms with Gasteiger partial charge in [-0.05, 0) is 57.6 Å². The van der Waals surface area contributed by atoms with Crippen molar-refractivity contribution in [3.63, 3.8) is 0 Å². The quantitative estimate of drug-likeness (QED) is 0.222. The predicted molar refractivity (Wildman–Crippen MR) is 152 cm³/mol. The molecule has 0 atom stereocenters. The van der Waals surface area contributed by atoms with Crippen LogP contribution < -0.4 is 9.62 Å². The van der Waals surface area contributed by atoms with Gasteiger partial charge in [0.05, 0.1) is 16.4 Å². The van der Waals surface area contributed by atoms with E-state index >= 15 is 0 Å². The Balaban J connectivity index is 1.27. The Bertz CT molecular complexity index is 1210. The Hall–Kier alpha value is -2.63. The van der Waals surface area contributed by atoms with Gasteiger partial charge in [-0.15, -0.1) is 0 Å². The van der Waals surface area contributed by atoms with Gasteiger partial charge in [0.25, 0.3) is 0 Å². The first-order chi connectivity index (χ1) is 18.1. The van der Waals surface area contributed by atoms with Gasteiger partial charge in [-0.1, -0.05) is 56.4 Å². The van der Waals surface area contributed by atoms with Gasteiger partial charge in [0.15, 0.2) is 0 Å². The van der Waals surface area contributed by atoms with Gasteiger partial charge >= 0.3 is 5.97 Å².